The van der Waals surface area contributed by atoms with Gasteiger partial charge >= 0.3 is 0 Å². The third-order valence-corrected chi connectivity index (χ3v) is 5.72. The quantitative estimate of drug-likeness (QED) is 0.852. The third-order valence-electron chi connectivity index (χ3n) is 5.72. The van der Waals surface area contributed by atoms with E-state index in [2.05, 4.69) is 15.7 Å². The highest BCUT2D eigenvalue weighted by molar-refractivity contribution is 6.02. The van der Waals surface area contributed by atoms with E-state index in [1.807, 2.05) is 37.5 Å². The van der Waals surface area contributed by atoms with Crippen molar-refractivity contribution in [2.24, 2.45) is 7.05 Å². The normalized spacial score (nSPS) is 19.6. The minimum Gasteiger partial charge on any atom is -0.352 e. The van der Waals surface area contributed by atoms with Crippen LogP contribution in [0.25, 0.3) is 0 Å². The van der Waals surface area contributed by atoms with E-state index < -0.39 is 0 Å². The Morgan fingerprint density at radius 1 is 1.26 bits per heavy atom. The Bertz CT molecular complexity index is 852. The van der Waals surface area contributed by atoms with Gasteiger partial charge in [0.2, 0.25) is 5.91 Å². The summed E-state index contributed by atoms with van der Waals surface area (Å²) in [4.78, 5) is 25.0. The smallest absolute Gasteiger partial charge is 0.254 e. The minimum atomic E-state index is -0.201. The van der Waals surface area contributed by atoms with Gasteiger partial charge in [-0.15, -0.1) is 0 Å². The summed E-state index contributed by atoms with van der Waals surface area (Å²) in [5.41, 5.74) is 3.51. The van der Waals surface area contributed by atoms with Crippen LogP contribution in [0.15, 0.2) is 30.5 Å². The number of amides is 2. The van der Waals surface area contributed by atoms with Gasteiger partial charge in [-0.25, -0.2) is 0 Å². The lowest BCUT2D eigenvalue weighted by Crippen LogP contribution is -2.28. The Balaban J connectivity index is 1.40. The van der Waals surface area contributed by atoms with E-state index in [4.69, 9.17) is 0 Å². The molecule has 6 heteroatoms. The van der Waals surface area contributed by atoms with E-state index in [-0.39, 0.29) is 17.7 Å². The van der Waals surface area contributed by atoms with Crippen molar-refractivity contribution in [3.63, 3.8) is 0 Å². The fourth-order valence-electron chi connectivity index (χ4n) is 4.35. The second-order valence-electron chi connectivity index (χ2n) is 7.61. The molecular weight excluding hydrogens is 340 g/mol. The van der Waals surface area contributed by atoms with Gasteiger partial charge in [0.1, 0.15) is 0 Å². The van der Waals surface area contributed by atoms with Gasteiger partial charge in [-0.2, -0.15) is 5.10 Å². The van der Waals surface area contributed by atoms with Crippen molar-refractivity contribution in [1.82, 2.24) is 15.1 Å². The second-order valence-corrected chi connectivity index (χ2v) is 7.61. The van der Waals surface area contributed by atoms with Crippen LogP contribution in [0.5, 0.6) is 0 Å². The predicted molar refractivity (Wildman–Crippen MR) is 104 cm³/mol. The van der Waals surface area contributed by atoms with Gasteiger partial charge in [-0.05, 0) is 30.9 Å². The largest absolute Gasteiger partial charge is 0.352 e. The highest BCUT2D eigenvalue weighted by atomic mass is 16.2. The number of aryl methyl sites for hydroxylation is 1. The van der Waals surface area contributed by atoms with Crippen LogP contribution in [0.2, 0.25) is 0 Å². The molecule has 142 valence electrons. The summed E-state index contributed by atoms with van der Waals surface area (Å²) in [5, 5.41) is 10.5. The summed E-state index contributed by atoms with van der Waals surface area (Å²) in [6, 6.07) is 7.75. The summed E-state index contributed by atoms with van der Waals surface area (Å²) in [6.07, 6.45) is 8.31. The van der Waals surface area contributed by atoms with E-state index in [1.165, 1.54) is 19.3 Å². The van der Waals surface area contributed by atoms with Gasteiger partial charge in [0.15, 0.2) is 0 Å². The average Bonchev–Trinajstić information content (AvgIpc) is 3.22. The van der Waals surface area contributed by atoms with Crippen LogP contribution < -0.4 is 10.6 Å². The molecule has 1 aliphatic carbocycles. The van der Waals surface area contributed by atoms with Gasteiger partial charge in [-0.3, -0.25) is 14.3 Å². The molecule has 1 saturated carbocycles. The molecule has 2 N–H and O–H groups in total. The number of carbonyl (C=O) groups is 2. The van der Waals surface area contributed by atoms with Gasteiger partial charge in [0, 0.05) is 31.4 Å². The standard InChI is InChI=1S/C21H26N4O2/c1-25-13-17(19(24-25)14-7-3-2-4-8-14)20(26)22-12-11-16-15-9-5-6-10-18(15)23-21(16)27/h5-6,9-10,13-14,16H,2-4,7-8,11-12H2,1H3,(H,22,26)(H,23,27). The first kappa shape index (κ1) is 17.8. The molecule has 0 spiro atoms. The van der Waals surface area contributed by atoms with Gasteiger partial charge in [0.05, 0.1) is 17.2 Å². The van der Waals surface area contributed by atoms with Gasteiger partial charge < -0.3 is 10.6 Å². The summed E-state index contributed by atoms with van der Waals surface area (Å²) in [5.74, 6) is 0.103. The summed E-state index contributed by atoms with van der Waals surface area (Å²) >= 11 is 0. The molecule has 1 fully saturated rings. The first-order valence-electron chi connectivity index (χ1n) is 9.85. The Labute approximate surface area is 159 Å². The molecule has 2 heterocycles. The topological polar surface area (TPSA) is 76.0 Å². The van der Waals surface area contributed by atoms with Crippen molar-refractivity contribution in [2.45, 2.75) is 50.4 Å². The van der Waals surface area contributed by atoms with Gasteiger partial charge in [0.25, 0.3) is 5.91 Å². The van der Waals surface area contributed by atoms with Gasteiger partial charge in [-0.1, -0.05) is 37.5 Å². The molecule has 1 aliphatic heterocycles. The molecular formula is C21H26N4O2. The summed E-state index contributed by atoms with van der Waals surface area (Å²) in [6.45, 7) is 0.463. The molecule has 4 rings (SSSR count). The monoisotopic (exact) mass is 366 g/mol. The molecule has 1 aromatic heterocycles. The molecule has 27 heavy (non-hydrogen) atoms. The average molecular weight is 366 g/mol. The molecule has 1 atom stereocenters. The molecule has 0 saturated heterocycles. The number of benzene rings is 1. The number of rotatable bonds is 5. The minimum absolute atomic E-state index is 0.00900. The van der Waals surface area contributed by atoms with Crippen LogP contribution in [0, 0.1) is 0 Å². The number of carbonyl (C=O) groups excluding carboxylic acids is 2. The molecule has 1 aromatic carbocycles. The van der Waals surface area contributed by atoms with Crippen molar-refractivity contribution in [2.75, 3.05) is 11.9 Å². The maximum absolute atomic E-state index is 12.8. The molecule has 0 bridgehead atoms. The maximum Gasteiger partial charge on any atom is 0.254 e. The third kappa shape index (κ3) is 3.61. The predicted octanol–water partition coefficient (Wildman–Crippen LogP) is 3.32. The van der Waals surface area contributed by atoms with Crippen molar-refractivity contribution >= 4 is 17.5 Å². The van der Waals surface area contributed by atoms with Crippen molar-refractivity contribution in [3.8, 4) is 0 Å². The number of nitrogens with one attached hydrogen (secondary N) is 2. The zero-order valence-corrected chi connectivity index (χ0v) is 15.7. The van der Waals surface area contributed by atoms with E-state index >= 15 is 0 Å². The highest BCUT2D eigenvalue weighted by Gasteiger charge is 2.30. The van der Waals surface area contributed by atoms with E-state index in [1.54, 1.807) is 4.68 Å². The van der Waals surface area contributed by atoms with E-state index in [0.29, 0.717) is 24.4 Å². The SMILES string of the molecule is Cn1cc(C(=O)NCCC2C(=O)Nc3ccccc32)c(C2CCCCC2)n1. The zero-order valence-electron chi connectivity index (χ0n) is 15.7. The first-order chi connectivity index (χ1) is 13.1. The zero-order chi connectivity index (χ0) is 18.8. The fourth-order valence-corrected chi connectivity index (χ4v) is 4.35. The Hall–Kier alpha value is -2.63. The number of fused-ring (bicyclic) bond motifs is 1. The first-order valence-corrected chi connectivity index (χ1v) is 9.85. The number of hydrogen-bond acceptors (Lipinski definition) is 3. The second kappa shape index (κ2) is 7.55. The maximum atomic E-state index is 12.8. The highest BCUT2D eigenvalue weighted by Crippen LogP contribution is 2.35. The molecule has 0 radical (unpaired) electrons. The van der Waals surface area contributed by atoms with Crippen molar-refractivity contribution < 1.29 is 9.59 Å². The lowest BCUT2D eigenvalue weighted by atomic mass is 9.85. The summed E-state index contributed by atoms with van der Waals surface area (Å²) < 4.78 is 1.74. The molecule has 2 aliphatic rings. The van der Waals surface area contributed by atoms with Crippen LogP contribution in [0.3, 0.4) is 0 Å². The fraction of sp³-hybridized carbons (Fsp3) is 0.476. The number of nitrogens with zero attached hydrogens (tertiary/aromatic N) is 2. The molecule has 1 unspecified atom stereocenters. The lowest BCUT2D eigenvalue weighted by molar-refractivity contribution is -0.117. The van der Waals surface area contributed by atoms with Crippen LogP contribution in [-0.4, -0.2) is 28.1 Å². The number of hydrogen-bond donors (Lipinski definition) is 2. The van der Waals surface area contributed by atoms with E-state index in [0.717, 1.165) is 29.8 Å². The Morgan fingerprint density at radius 3 is 2.85 bits per heavy atom. The Morgan fingerprint density at radius 2 is 2.04 bits per heavy atom. The summed E-state index contributed by atoms with van der Waals surface area (Å²) in [7, 11) is 1.86. The number of anilines is 1. The van der Waals surface area contributed by atoms with Crippen LogP contribution in [0.1, 0.15) is 72.0 Å². The van der Waals surface area contributed by atoms with Crippen molar-refractivity contribution in [3.05, 3.63) is 47.3 Å². The molecule has 2 aromatic rings. The van der Waals surface area contributed by atoms with E-state index in [9.17, 15) is 9.59 Å². The Kier molecular flexibility index (Phi) is 4.97. The lowest BCUT2D eigenvalue weighted by Gasteiger charge is -2.20. The van der Waals surface area contributed by atoms with Crippen LogP contribution in [0.4, 0.5) is 5.69 Å². The number of para-hydroxylation sites is 1. The number of aromatic nitrogens is 2. The molecule has 2 amide bonds. The van der Waals surface area contributed by atoms with Crippen molar-refractivity contribution in [1.29, 1.82) is 0 Å². The van der Waals surface area contributed by atoms with Crippen LogP contribution >= 0.6 is 0 Å². The van der Waals surface area contributed by atoms with Crippen LogP contribution in [-0.2, 0) is 11.8 Å². The molecule has 6 nitrogen and oxygen atoms in total.